The highest BCUT2D eigenvalue weighted by Gasteiger charge is 2.18. The maximum absolute atomic E-state index is 13.8. The second-order valence-corrected chi connectivity index (χ2v) is 8.02. The molecule has 8 nitrogen and oxygen atoms in total. The molecule has 0 unspecified atom stereocenters. The van der Waals surface area contributed by atoms with Crippen molar-refractivity contribution < 1.29 is 14.0 Å². The van der Waals surface area contributed by atoms with Crippen molar-refractivity contribution in [1.82, 2.24) is 14.1 Å². The van der Waals surface area contributed by atoms with E-state index in [2.05, 4.69) is 15.6 Å². The van der Waals surface area contributed by atoms with Gasteiger partial charge in [-0.1, -0.05) is 6.07 Å². The molecule has 0 saturated heterocycles. The topological polar surface area (TPSA) is 98.0 Å². The summed E-state index contributed by atoms with van der Waals surface area (Å²) in [7, 11) is 0. The number of anilines is 2. The number of aromatic nitrogens is 3. The van der Waals surface area contributed by atoms with Crippen LogP contribution in [0.5, 0.6) is 0 Å². The summed E-state index contributed by atoms with van der Waals surface area (Å²) >= 11 is 0. The van der Waals surface area contributed by atoms with Crippen LogP contribution in [-0.2, 0) is 16.1 Å². The van der Waals surface area contributed by atoms with E-state index in [4.69, 9.17) is 0 Å². The third kappa shape index (κ3) is 4.59. The molecular formula is C25H24FN5O3. The first kappa shape index (κ1) is 22.9. The lowest BCUT2D eigenvalue weighted by Crippen LogP contribution is -2.24. The fourth-order valence-electron chi connectivity index (χ4n) is 3.86. The van der Waals surface area contributed by atoms with Gasteiger partial charge in [-0.3, -0.25) is 23.5 Å². The number of hydrogen-bond donors (Lipinski definition) is 2. The van der Waals surface area contributed by atoms with Crippen LogP contribution < -0.4 is 16.2 Å². The molecule has 0 saturated carbocycles. The van der Waals surface area contributed by atoms with Crippen molar-refractivity contribution in [2.24, 2.45) is 0 Å². The fourth-order valence-corrected chi connectivity index (χ4v) is 3.86. The molecule has 0 atom stereocenters. The van der Waals surface area contributed by atoms with Crippen LogP contribution in [0, 0.1) is 19.7 Å². The normalized spacial score (nSPS) is 10.9. The quantitative estimate of drug-likeness (QED) is 0.455. The second kappa shape index (κ2) is 9.30. The summed E-state index contributed by atoms with van der Waals surface area (Å²) in [6.45, 7) is 5.26. The zero-order valence-corrected chi connectivity index (χ0v) is 19.1. The molecule has 34 heavy (non-hydrogen) atoms. The first-order valence-electron chi connectivity index (χ1n) is 10.7. The Bertz CT molecular complexity index is 1450. The SMILES string of the molecule is CC(=O)Nc1ccc(NC(=O)CCn2cnc3c(c(C)c(C)n3-c3cccc(F)c3)c2=O)cc1. The molecule has 0 aliphatic rings. The van der Waals surface area contributed by atoms with Crippen LogP contribution in [0.3, 0.4) is 0 Å². The third-order valence-electron chi connectivity index (χ3n) is 5.62. The Kier molecular flexibility index (Phi) is 6.27. The largest absolute Gasteiger partial charge is 0.326 e. The lowest BCUT2D eigenvalue weighted by atomic mass is 10.2. The molecule has 4 aromatic rings. The lowest BCUT2D eigenvalue weighted by molar-refractivity contribution is -0.116. The molecule has 0 bridgehead atoms. The highest BCUT2D eigenvalue weighted by Crippen LogP contribution is 2.25. The number of benzene rings is 2. The van der Waals surface area contributed by atoms with E-state index in [1.807, 2.05) is 13.8 Å². The summed E-state index contributed by atoms with van der Waals surface area (Å²) in [5, 5.41) is 5.88. The molecule has 9 heteroatoms. The Morgan fingerprint density at radius 3 is 2.35 bits per heavy atom. The van der Waals surface area contributed by atoms with E-state index in [1.54, 1.807) is 41.0 Å². The Hall–Kier alpha value is -4.27. The summed E-state index contributed by atoms with van der Waals surface area (Å²) in [6.07, 6.45) is 1.48. The van der Waals surface area contributed by atoms with Gasteiger partial charge in [-0.15, -0.1) is 0 Å². The van der Waals surface area contributed by atoms with Gasteiger partial charge < -0.3 is 10.6 Å². The van der Waals surface area contributed by atoms with Gasteiger partial charge in [0, 0.05) is 37.0 Å². The van der Waals surface area contributed by atoms with Crippen LogP contribution in [0.25, 0.3) is 16.7 Å². The van der Waals surface area contributed by atoms with Crippen LogP contribution in [-0.4, -0.2) is 25.9 Å². The molecule has 0 aliphatic heterocycles. The van der Waals surface area contributed by atoms with Crippen molar-refractivity contribution in [3.8, 4) is 5.69 Å². The average Bonchev–Trinajstić information content (AvgIpc) is 3.05. The fraction of sp³-hybridized carbons (Fsp3) is 0.200. The van der Waals surface area contributed by atoms with Gasteiger partial charge in [-0.05, 0) is 61.9 Å². The van der Waals surface area contributed by atoms with E-state index in [1.165, 1.54) is 30.0 Å². The molecule has 2 aromatic carbocycles. The number of hydrogen-bond acceptors (Lipinski definition) is 4. The maximum Gasteiger partial charge on any atom is 0.263 e. The van der Waals surface area contributed by atoms with Gasteiger partial charge in [0.15, 0.2) is 5.65 Å². The van der Waals surface area contributed by atoms with Gasteiger partial charge in [0.25, 0.3) is 5.56 Å². The number of halogens is 1. The van der Waals surface area contributed by atoms with Gasteiger partial charge in [0.2, 0.25) is 11.8 Å². The monoisotopic (exact) mass is 461 g/mol. The minimum Gasteiger partial charge on any atom is -0.326 e. The number of aryl methyl sites for hydroxylation is 2. The molecule has 2 heterocycles. The Morgan fingerprint density at radius 2 is 1.71 bits per heavy atom. The van der Waals surface area contributed by atoms with Gasteiger partial charge in [0.1, 0.15) is 5.82 Å². The first-order chi connectivity index (χ1) is 16.2. The summed E-state index contributed by atoms with van der Waals surface area (Å²) in [5.41, 5.74) is 3.55. The molecule has 2 aromatic heterocycles. The van der Waals surface area contributed by atoms with Crippen LogP contribution in [0.15, 0.2) is 59.7 Å². The molecule has 0 aliphatic carbocycles. The highest BCUT2D eigenvalue weighted by atomic mass is 19.1. The van der Waals surface area contributed by atoms with Crippen LogP contribution >= 0.6 is 0 Å². The Balaban J connectivity index is 1.52. The third-order valence-corrected chi connectivity index (χ3v) is 5.62. The number of nitrogens with zero attached hydrogens (tertiary/aromatic N) is 3. The molecule has 2 N–H and O–H groups in total. The van der Waals surface area contributed by atoms with E-state index in [-0.39, 0.29) is 36.2 Å². The maximum atomic E-state index is 13.8. The highest BCUT2D eigenvalue weighted by molar-refractivity contribution is 5.92. The molecule has 0 radical (unpaired) electrons. The number of carbonyl (C=O) groups excluding carboxylic acids is 2. The Labute approximate surface area is 195 Å². The van der Waals surface area contributed by atoms with Crippen LogP contribution in [0.2, 0.25) is 0 Å². The molecule has 174 valence electrons. The van der Waals surface area contributed by atoms with E-state index >= 15 is 0 Å². The smallest absolute Gasteiger partial charge is 0.263 e. The van der Waals surface area contributed by atoms with E-state index < -0.39 is 0 Å². The number of rotatable bonds is 6. The summed E-state index contributed by atoms with van der Waals surface area (Å²) in [5.74, 6) is -0.811. The summed E-state index contributed by atoms with van der Waals surface area (Å²) < 4.78 is 17.0. The van der Waals surface area contributed by atoms with Crippen molar-refractivity contribution in [2.45, 2.75) is 33.7 Å². The second-order valence-electron chi connectivity index (χ2n) is 8.02. The van der Waals surface area contributed by atoms with Crippen LogP contribution in [0.4, 0.5) is 15.8 Å². The zero-order chi connectivity index (χ0) is 24.4. The average molecular weight is 461 g/mol. The van der Waals surface area contributed by atoms with Crippen molar-refractivity contribution in [3.05, 3.63) is 82.3 Å². The predicted octanol–water partition coefficient (Wildman–Crippen LogP) is 3.93. The molecular weight excluding hydrogens is 437 g/mol. The Morgan fingerprint density at radius 1 is 1.03 bits per heavy atom. The van der Waals surface area contributed by atoms with E-state index in [9.17, 15) is 18.8 Å². The van der Waals surface area contributed by atoms with Crippen molar-refractivity contribution in [1.29, 1.82) is 0 Å². The summed E-state index contributed by atoms with van der Waals surface area (Å²) in [6, 6.07) is 12.9. The molecule has 4 rings (SSSR count). The number of fused-ring (bicyclic) bond motifs is 1. The predicted molar refractivity (Wildman–Crippen MR) is 129 cm³/mol. The standard InChI is InChI=1S/C25H24FN5O3/c1-15-16(2)31(21-6-4-5-18(26)13-21)24-23(15)25(34)30(14-27-24)12-11-22(33)29-20-9-7-19(8-10-20)28-17(3)32/h4-10,13-14H,11-12H2,1-3H3,(H,28,32)(H,29,33). The molecule has 2 amide bonds. The minimum absolute atomic E-state index is 0.0726. The lowest BCUT2D eigenvalue weighted by Gasteiger charge is -2.09. The molecule has 0 fully saturated rings. The van der Waals surface area contributed by atoms with Gasteiger partial charge in [0.05, 0.1) is 17.4 Å². The van der Waals surface area contributed by atoms with E-state index in [0.29, 0.717) is 28.1 Å². The van der Waals surface area contributed by atoms with Crippen molar-refractivity contribution in [2.75, 3.05) is 10.6 Å². The first-order valence-corrected chi connectivity index (χ1v) is 10.7. The van der Waals surface area contributed by atoms with Gasteiger partial charge in [-0.25, -0.2) is 9.37 Å². The number of carbonyl (C=O) groups is 2. The van der Waals surface area contributed by atoms with Crippen molar-refractivity contribution in [3.63, 3.8) is 0 Å². The zero-order valence-electron chi connectivity index (χ0n) is 19.1. The van der Waals surface area contributed by atoms with E-state index in [0.717, 1.165) is 11.3 Å². The van der Waals surface area contributed by atoms with Gasteiger partial charge >= 0.3 is 0 Å². The van der Waals surface area contributed by atoms with Gasteiger partial charge in [-0.2, -0.15) is 0 Å². The number of amides is 2. The number of nitrogens with one attached hydrogen (secondary N) is 2. The summed E-state index contributed by atoms with van der Waals surface area (Å²) in [4.78, 5) is 41.2. The van der Waals surface area contributed by atoms with Crippen molar-refractivity contribution >= 4 is 34.2 Å². The van der Waals surface area contributed by atoms with Crippen LogP contribution in [0.1, 0.15) is 24.6 Å². The molecule has 0 spiro atoms. The minimum atomic E-state index is -0.375.